The summed E-state index contributed by atoms with van der Waals surface area (Å²) in [4.78, 5) is 20.5. The van der Waals surface area contributed by atoms with Crippen molar-refractivity contribution < 1.29 is 14.8 Å². The van der Waals surface area contributed by atoms with E-state index in [1.807, 2.05) is 6.92 Å². The van der Waals surface area contributed by atoms with Crippen molar-refractivity contribution >= 4 is 11.7 Å². The maximum Gasteiger partial charge on any atom is 0.307 e. The fourth-order valence-electron chi connectivity index (χ4n) is 1.39. The average molecular weight is 209 g/mol. The van der Waals surface area contributed by atoms with Gasteiger partial charge in [-0.25, -0.2) is 0 Å². The first-order valence-electron chi connectivity index (χ1n) is 4.52. The van der Waals surface area contributed by atoms with Crippen molar-refractivity contribution in [3.05, 3.63) is 39.4 Å². The standard InChI is InChI=1S/C10H11NO4/c1-2-7-5-9(11(14)15)4-3-8(7)6-10(12)13/h3-5H,2,6H2,1H3,(H,12,13). The Hall–Kier alpha value is -1.91. The Bertz CT molecular complexity index is 400. The molecule has 80 valence electrons. The second-order valence-corrected chi connectivity index (χ2v) is 3.13. The minimum Gasteiger partial charge on any atom is -0.481 e. The van der Waals surface area contributed by atoms with E-state index in [0.717, 1.165) is 0 Å². The summed E-state index contributed by atoms with van der Waals surface area (Å²) in [6, 6.07) is 4.26. The van der Waals surface area contributed by atoms with E-state index in [1.165, 1.54) is 18.2 Å². The molecule has 5 nitrogen and oxygen atoms in total. The maximum absolute atomic E-state index is 10.5. The van der Waals surface area contributed by atoms with E-state index in [2.05, 4.69) is 0 Å². The first kappa shape index (κ1) is 11.2. The van der Waals surface area contributed by atoms with Crippen LogP contribution >= 0.6 is 0 Å². The Morgan fingerprint density at radius 2 is 2.13 bits per heavy atom. The van der Waals surface area contributed by atoms with E-state index in [-0.39, 0.29) is 12.1 Å². The van der Waals surface area contributed by atoms with Gasteiger partial charge in [-0.05, 0) is 17.5 Å². The molecule has 0 heterocycles. The zero-order valence-electron chi connectivity index (χ0n) is 8.27. The van der Waals surface area contributed by atoms with Gasteiger partial charge in [-0.1, -0.05) is 13.0 Å². The number of hydrogen-bond donors (Lipinski definition) is 1. The van der Waals surface area contributed by atoms with Gasteiger partial charge in [0.1, 0.15) is 0 Å². The van der Waals surface area contributed by atoms with Crippen molar-refractivity contribution in [2.75, 3.05) is 0 Å². The van der Waals surface area contributed by atoms with E-state index in [1.54, 1.807) is 0 Å². The highest BCUT2D eigenvalue weighted by molar-refractivity contribution is 5.71. The molecule has 1 N–H and O–H groups in total. The molecule has 1 rings (SSSR count). The summed E-state index contributed by atoms with van der Waals surface area (Å²) in [5, 5.41) is 19.1. The number of aryl methyl sites for hydroxylation is 1. The van der Waals surface area contributed by atoms with Crippen molar-refractivity contribution in [3.63, 3.8) is 0 Å². The number of nitro groups is 1. The zero-order valence-corrected chi connectivity index (χ0v) is 8.27. The number of rotatable bonds is 4. The molecule has 0 amide bonds. The average Bonchev–Trinajstić information content (AvgIpc) is 2.17. The molecule has 0 saturated heterocycles. The van der Waals surface area contributed by atoms with Gasteiger partial charge in [0.05, 0.1) is 11.3 Å². The first-order chi connectivity index (χ1) is 7.04. The van der Waals surface area contributed by atoms with Crippen LogP contribution in [0.5, 0.6) is 0 Å². The van der Waals surface area contributed by atoms with Crippen LogP contribution in [-0.4, -0.2) is 16.0 Å². The van der Waals surface area contributed by atoms with Crippen LogP contribution in [-0.2, 0) is 17.6 Å². The lowest BCUT2D eigenvalue weighted by Gasteiger charge is -2.04. The molecule has 1 aromatic rings. The summed E-state index contributed by atoms with van der Waals surface area (Å²) in [7, 11) is 0. The smallest absolute Gasteiger partial charge is 0.307 e. The number of aliphatic carboxylic acids is 1. The molecule has 0 radical (unpaired) electrons. The van der Waals surface area contributed by atoms with Crippen LogP contribution in [0.15, 0.2) is 18.2 Å². The Balaban J connectivity index is 3.08. The van der Waals surface area contributed by atoms with Crippen LogP contribution in [0.25, 0.3) is 0 Å². The summed E-state index contributed by atoms with van der Waals surface area (Å²) < 4.78 is 0. The number of carboxylic acid groups (broad SMARTS) is 1. The zero-order chi connectivity index (χ0) is 11.4. The molecular formula is C10H11NO4. The molecule has 0 atom stereocenters. The quantitative estimate of drug-likeness (QED) is 0.605. The van der Waals surface area contributed by atoms with Crippen molar-refractivity contribution in [2.45, 2.75) is 19.8 Å². The fourth-order valence-corrected chi connectivity index (χ4v) is 1.39. The van der Waals surface area contributed by atoms with Crippen LogP contribution < -0.4 is 0 Å². The molecule has 15 heavy (non-hydrogen) atoms. The van der Waals surface area contributed by atoms with Gasteiger partial charge in [0.15, 0.2) is 0 Å². The molecule has 0 aromatic heterocycles. The van der Waals surface area contributed by atoms with Crippen molar-refractivity contribution in [1.29, 1.82) is 0 Å². The molecule has 0 aliphatic rings. The molecular weight excluding hydrogens is 198 g/mol. The van der Waals surface area contributed by atoms with E-state index in [0.29, 0.717) is 17.5 Å². The molecule has 0 spiro atoms. The predicted octanol–water partition coefficient (Wildman–Crippen LogP) is 1.78. The molecule has 0 aliphatic carbocycles. The number of non-ortho nitro benzene ring substituents is 1. The van der Waals surface area contributed by atoms with Crippen LogP contribution in [0.2, 0.25) is 0 Å². The van der Waals surface area contributed by atoms with Gasteiger partial charge in [-0.15, -0.1) is 0 Å². The molecule has 1 aromatic carbocycles. The summed E-state index contributed by atoms with van der Waals surface area (Å²) in [6.45, 7) is 1.84. The van der Waals surface area contributed by atoms with E-state index in [4.69, 9.17) is 5.11 Å². The van der Waals surface area contributed by atoms with Gasteiger partial charge in [0.2, 0.25) is 0 Å². The molecule has 0 saturated carbocycles. The minimum atomic E-state index is -0.932. The fraction of sp³-hybridized carbons (Fsp3) is 0.300. The van der Waals surface area contributed by atoms with Crippen molar-refractivity contribution in [1.82, 2.24) is 0 Å². The first-order valence-corrected chi connectivity index (χ1v) is 4.52. The van der Waals surface area contributed by atoms with E-state index in [9.17, 15) is 14.9 Å². The normalized spacial score (nSPS) is 9.93. The number of hydrogen-bond acceptors (Lipinski definition) is 3. The Labute approximate surface area is 86.5 Å². The number of benzene rings is 1. The highest BCUT2D eigenvalue weighted by Crippen LogP contribution is 2.18. The van der Waals surface area contributed by atoms with Crippen LogP contribution in [0.1, 0.15) is 18.1 Å². The number of carboxylic acids is 1. The highest BCUT2D eigenvalue weighted by Gasteiger charge is 2.11. The van der Waals surface area contributed by atoms with Crippen LogP contribution in [0.4, 0.5) is 5.69 Å². The van der Waals surface area contributed by atoms with Gasteiger partial charge >= 0.3 is 5.97 Å². The largest absolute Gasteiger partial charge is 0.481 e. The van der Waals surface area contributed by atoms with Gasteiger partial charge in [0.25, 0.3) is 5.69 Å². The van der Waals surface area contributed by atoms with E-state index < -0.39 is 10.9 Å². The second-order valence-electron chi connectivity index (χ2n) is 3.13. The predicted molar refractivity (Wildman–Crippen MR) is 53.8 cm³/mol. The lowest BCUT2D eigenvalue weighted by atomic mass is 10.0. The third kappa shape index (κ3) is 2.77. The number of carbonyl (C=O) groups is 1. The highest BCUT2D eigenvalue weighted by atomic mass is 16.6. The Morgan fingerprint density at radius 3 is 2.60 bits per heavy atom. The summed E-state index contributed by atoms with van der Waals surface area (Å²) in [5.74, 6) is -0.932. The number of nitrogens with zero attached hydrogens (tertiary/aromatic N) is 1. The molecule has 0 bridgehead atoms. The molecule has 0 fully saturated rings. The maximum atomic E-state index is 10.5. The van der Waals surface area contributed by atoms with Crippen molar-refractivity contribution in [2.24, 2.45) is 0 Å². The van der Waals surface area contributed by atoms with Gasteiger partial charge < -0.3 is 5.11 Å². The lowest BCUT2D eigenvalue weighted by molar-refractivity contribution is -0.384. The van der Waals surface area contributed by atoms with Gasteiger partial charge in [0, 0.05) is 12.1 Å². The summed E-state index contributed by atoms with van der Waals surface area (Å²) in [5.41, 5.74) is 1.35. The topological polar surface area (TPSA) is 80.4 Å². The van der Waals surface area contributed by atoms with Gasteiger partial charge in [-0.3, -0.25) is 14.9 Å². The third-order valence-electron chi connectivity index (χ3n) is 2.12. The molecule has 5 heteroatoms. The van der Waals surface area contributed by atoms with Gasteiger partial charge in [-0.2, -0.15) is 0 Å². The van der Waals surface area contributed by atoms with Crippen LogP contribution in [0, 0.1) is 10.1 Å². The molecule has 0 aliphatic heterocycles. The summed E-state index contributed by atoms with van der Waals surface area (Å²) in [6.07, 6.45) is 0.492. The monoisotopic (exact) mass is 209 g/mol. The SMILES string of the molecule is CCc1cc([N+](=O)[O-])ccc1CC(=O)O. The summed E-state index contributed by atoms with van der Waals surface area (Å²) >= 11 is 0. The third-order valence-corrected chi connectivity index (χ3v) is 2.12. The molecule has 0 unspecified atom stereocenters. The second kappa shape index (κ2) is 4.54. The number of nitro benzene ring substituents is 1. The van der Waals surface area contributed by atoms with Crippen molar-refractivity contribution in [3.8, 4) is 0 Å². The van der Waals surface area contributed by atoms with Crippen LogP contribution in [0.3, 0.4) is 0 Å². The lowest BCUT2D eigenvalue weighted by Crippen LogP contribution is -2.03. The van der Waals surface area contributed by atoms with E-state index >= 15 is 0 Å². The minimum absolute atomic E-state index is 0.000916. The Morgan fingerprint density at radius 1 is 1.47 bits per heavy atom. The Kier molecular flexibility index (Phi) is 3.38.